The zero-order valence-corrected chi connectivity index (χ0v) is 15.3. The lowest BCUT2D eigenvalue weighted by molar-refractivity contribution is -0.118. The minimum Gasteiger partial charge on any atom is -0.493 e. The predicted octanol–water partition coefficient (Wildman–Crippen LogP) is 4.48. The van der Waals surface area contributed by atoms with Gasteiger partial charge in [0.15, 0.2) is 12.4 Å². The van der Waals surface area contributed by atoms with Gasteiger partial charge in [0.1, 0.15) is 11.5 Å². The molecule has 0 fully saturated rings. The molecule has 0 aliphatic carbocycles. The second kappa shape index (κ2) is 10.2. The van der Waals surface area contributed by atoms with Crippen LogP contribution in [0, 0.1) is 0 Å². The molecule has 0 heterocycles. The molecule has 2 rings (SSSR count). The van der Waals surface area contributed by atoms with Crippen molar-refractivity contribution in [3.05, 3.63) is 54.1 Å². The van der Waals surface area contributed by atoms with Crippen LogP contribution in [0.25, 0.3) is 0 Å². The van der Waals surface area contributed by atoms with Gasteiger partial charge in [-0.15, -0.1) is 0 Å². The highest BCUT2D eigenvalue weighted by molar-refractivity contribution is 5.95. The summed E-state index contributed by atoms with van der Waals surface area (Å²) in [5.41, 5.74) is 1.23. The van der Waals surface area contributed by atoms with Gasteiger partial charge in [-0.1, -0.05) is 25.8 Å². The second-order valence-corrected chi connectivity index (χ2v) is 6.00. The molecule has 0 spiro atoms. The Morgan fingerprint density at radius 2 is 1.65 bits per heavy atom. The molecule has 0 aromatic heterocycles. The molecule has 0 aliphatic heterocycles. The number of anilines is 1. The number of unbranched alkanes of at least 4 members (excludes halogenated alkanes) is 2. The summed E-state index contributed by atoms with van der Waals surface area (Å²) in [6.45, 7) is 4.22. The van der Waals surface area contributed by atoms with Crippen molar-refractivity contribution in [3.8, 4) is 11.5 Å². The summed E-state index contributed by atoms with van der Waals surface area (Å²) in [5, 5.41) is 2.73. The number of carbonyl (C=O) groups is 2. The van der Waals surface area contributed by atoms with E-state index in [0.717, 1.165) is 25.0 Å². The molecule has 0 radical (unpaired) electrons. The van der Waals surface area contributed by atoms with Crippen molar-refractivity contribution < 1.29 is 19.1 Å². The normalized spacial score (nSPS) is 10.2. The molecule has 2 aromatic rings. The fourth-order valence-electron chi connectivity index (χ4n) is 2.33. The van der Waals surface area contributed by atoms with E-state index in [1.807, 2.05) is 12.1 Å². The Hall–Kier alpha value is -2.82. The van der Waals surface area contributed by atoms with Crippen molar-refractivity contribution in [2.75, 3.05) is 18.5 Å². The number of amides is 1. The van der Waals surface area contributed by atoms with Crippen molar-refractivity contribution in [2.24, 2.45) is 0 Å². The van der Waals surface area contributed by atoms with Crippen LogP contribution in [-0.4, -0.2) is 24.9 Å². The van der Waals surface area contributed by atoms with Crippen LogP contribution in [0.2, 0.25) is 0 Å². The molecule has 0 saturated carbocycles. The number of rotatable bonds is 10. The minimum atomic E-state index is -0.269. The third-order valence-electron chi connectivity index (χ3n) is 3.77. The maximum atomic E-state index is 12.0. The van der Waals surface area contributed by atoms with E-state index < -0.39 is 0 Å². The number of benzene rings is 2. The summed E-state index contributed by atoms with van der Waals surface area (Å²) in [4.78, 5) is 23.2. The van der Waals surface area contributed by atoms with Crippen molar-refractivity contribution in [3.63, 3.8) is 0 Å². The lowest BCUT2D eigenvalue weighted by Gasteiger charge is -2.10. The largest absolute Gasteiger partial charge is 0.493 e. The highest BCUT2D eigenvalue weighted by Crippen LogP contribution is 2.20. The molecule has 26 heavy (non-hydrogen) atoms. The van der Waals surface area contributed by atoms with Crippen LogP contribution in [0.4, 0.5) is 5.69 Å². The van der Waals surface area contributed by atoms with Crippen LogP contribution in [-0.2, 0) is 4.79 Å². The summed E-state index contributed by atoms with van der Waals surface area (Å²) < 4.78 is 11.2. The first-order valence-electron chi connectivity index (χ1n) is 8.85. The topological polar surface area (TPSA) is 64.6 Å². The van der Waals surface area contributed by atoms with Gasteiger partial charge in [-0.05, 0) is 49.7 Å². The molecule has 5 nitrogen and oxygen atoms in total. The van der Waals surface area contributed by atoms with Gasteiger partial charge in [-0.2, -0.15) is 0 Å². The third-order valence-corrected chi connectivity index (χ3v) is 3.77. The van der Waals surface area contributed by atoms with E-state index in [1.165, 1.54) is 6.92 Å². The quantitative estimate of drug-likeness (QED) is 0.504. The van der Waals surface area contributed by atoms with Crippen LogP contribution in [0.1, 0.15) is 43.5 Å². The molecular formula is C21H25NO4. The summed E-state index contributed by atoms with van der Waals surface area (Å²) in [7, 11) is 0. The smallest absolute Gasteiger partial charge is 0.262 e. The molecule has 2 aromatic carbocycles. The van der Waals surface area contributed by atoms with E-state index in [4.69, 9.17) is 9.47 Å². The van der Waals surface area contributed by atoms with E-state index in [-0.39, 0.29) is 18.3 Å². The minimum absolute atomic E-state index is 0.0111. The van der Waals surface area contributed by atoms with E-state index in [9.17, 15) is 9.59 Å². The fraction of sp³-hybridized carbons (Fsp3) is 0.333. The number of hydrogen-bond acceptors (Lipinski definition) is 4. The van der Waals surface area contributed by atoms with Gasteiger partial charge in [-0.3, -0.25) is 9.59 Å². The average Bonchev–Trinajstić information content (AvgIpc) is 2.64. The lowest BCUT2D eigenvalue weighted by Crippen LogP contribution is -2.20. The lowest BCUT2D eigenvalue weighted by atomic mass is 10.1. The molecule has 0 aliphatic rings. The average molecular weight is 355 g/mol. The van der Waals surface area contributed by atoms with Gasteiger partial charge in [0, 0.05) is 17.3 Å². The molecule has 0 bridgehead atoms. The Morgan fingerprint density at radius 3 is 2.31 bits per heavy atom. The molecule has 0 saturated heterocycles. The highest BCUT2D eigenvalue weighted by atomic mass is 16.5. The Labute approximate surface area is 154 Å². The molecule has 1 amide bonds. The Bertz CT molecular complexity index is 725. The predicted molar refractivity (Wildman–Crippen MR) is 102 cm³/mol. The number of hydrogen-bond donors (Lipinski definition) is 1. The van der Waals surface area contributed by atoms with E-state index in [2.05, 4.69) is 12.2 Å². The number of nitrogens with one attached hydrogen (secondary N) is 1. The van der Waals surface area contributed by atoms with Gasteiger partial charge < -0.3 is 14.8 Å². The Balaban J connectivity index is 1.80. The summed E-state index contributed by atoms with van der Waals surface area (Å²) in [5.74, 6) is 1.04. The number of carbonyl (C=O) groups excluding carboxylic acids is 2. The second-order valence-electron chi connectivity index (χ2n) is 6.00. The van der Waals surface area contributed by atoms with Crippen molar-refractivity contribution in [1.29, 1.82) is 0 Å². The Morgan fingerprint density at radius 1 is 0.962 bits per heavy atom. The number of ketones is 1. The maximum absolute atomic E-state index is 12.0. The molecule has 1 N–H and O–H groups in total. The highest BCUT2D eigenvalue weighted by Gasteiger charge is 2.06. The molecule has 138 valence electrons. The first-order valence-corrected chi connectivity index (χ1v) is 8.85. The molecule has 5 heteroatoms. The van der Waals surface area contributed by atoms with E-state index in [1.54, 1.807) is 36.4 Å². The van der Waals surface area contributed by atoms with Gasteiger partial charge in [0.2, 0.25) is 0 Å². The van der Waals surface area contributed by atoms with Crippen LogP contribution in [0.3, 0.4) is 0 Å². The summed E-state index contributed by atoms with van der Waals surface area (Å²) in [6.07, 6.45) is 3.31. The monoisotopic (exact) mass is 355 g/mol. The molecule has 0 unspecified atom stereocenters. The van der Waals surface area contributed by atoms with Crippen molar-refractivity contribution in [1.82, 2.24) is 0 Å². The maximum Gasteiger partial charge on any atom is 0.262 e. The molecule has 0 atom stereocenters. The summed E-state index contributed by atoms with van der Waals surface area (Å²) in [6, 6.07) is 14.0. The SMILES string of the molecule is CCCCCOc1cccc(OCC(=O)Nc2ccc(C(C)=O)cc2)c1. The third kappa shape index (κ3) is 6.59. The van der Waals surface area contributed by atoms with Crippen LogP contribution in [0.15, 0.2) is 48.5 Å². The van der Waals surface area contributed by atoms with Gasteiger partial charge in [0.25, 0.3) is 5.91 Å². The standard InChI is InChI=1S/C21H25NO4/c1-3-4-5-13-25-19-7-6-8-20(14-19)26-15-21(24)22-18-11-9-17(10-12-18)16(2)23/h6-12,14H,3-5,13,15H2,1-2H3,(H,22,24). The van der Waals surface area contributed by atoms with Crippen LogP contribution in [0.5, 0.6) is 11.5 Å². The van der Waals surface area contributed by atoms with Crippen LogP contribution >= 0.6 is 0 Å². The zero-order valence-electron chi connectivity index (χ0n) is 15.3. The van der Waals surface area contributed by atoms with Crippen molar-refractivity contribution in [2.45, 2.75) is 33.1 Å². The zero-order chi connectivity index (χ0) is 18.8. The number of Topliss-reactive ketones (excluding diaryl/α,β-unsaturated/α-hetero) is 1. The first kappa shape index (κ1) is 19.5. The summed E-state index contributed by atoms with van der Waals surface area (Å²) >= 11 is 0. The fourth-order valence-corrected chi connectivity index (χ4v) is 2.33. The Kier molecular flexibility index (Phi) is 7.68. The van der Waals surface area contributed by atoms with Crippen LogP contribution < -0.4 is 14.8 Å². The molecular weight excluding hydrogens is 330 g/mol. The van der Waals surface area contributed by atoms with Gasteiger partial charge in [-0.25, -0.2) is 0 Å². The first-order chi connectivity index (χ1) is 12.6. The van der Waals surface area contributed by atoms with Crippen molar-refractivity contribution >= 4 is 17.4 Å². The van der Waals surface area contributed by atoms with Gasteiger partial charge >= 0.3 is 0 Å². The van der Waals surface area contributed by atoms with E-state index in [0.29, 0.717) is 23.6 Å². The number of ether oxygens (including phenoxy) is 2. The van der Waals surface area contributed by atoms with Gasteiger partial charge in [0.05, 0.1) is 6.61 Å². The van der Waals surface area contributed by atoms with E-state index >= 15 is 0 Å².